The highest BCUT2D eigenvalue weighted by molar-refractivity contribution is 6.35. The summed E-state index contributed by atoms with van der Waals surface area (Å²) in [5.41, 5.74) is 1.94. The number of hydrogen-bond donors (Lipinski definition) is 0. The molecule has 0 bridgehead atoms. The van der Waals surface area contributed by atoms with Crippen molar-refractivity contribution in [2.75, 3.05) is 0 Å². The number of benzene rings is 2. The van der Waals surface area contributed by atoms with Crippen molar-refractivity contribution >= 4 is 52.5 Å². The minimum atomic E-state index is -0.493. The van der Waals surface area contributed by atoms with E-state index in [0.29, 0.717) is 39.0 Å². The van der Waals surface area contributed by atoms with Crippen LogP contribution in [0, 0.1) is 11.8 Å². The van der Waals surface area contributed by atoms with Crippen LogP contribution >= 0.6 is 34.8 Å². The van der Waals surface area contributed by atoms with Crippen LogP contribution in [0.3, 0.4) is 0 Å². The van der Waals surface area contributed by atoms with E-state index in [1.165, 1.54) is 5.01 Å². The van der Waals surface area contributed by atoms with Crippen molar-refractivity contribution < 1.29 is 14.4 Å². The SMILES string of the molecule is CC1=CC[C@H]2C(=O)N(N(Cc3ccc(Cl)cc3Cl)C(=O)c3ccc(Cl)cc3)C(=O)[C@H]2C1. The van der Waals surface area contributed by atoms with Gasteiger partial charge in [0.05, 0.1) is 18.4 Å². The number of hydrazine groups is 1. The number of amides is 3. The summed E-state index contributed by atoms with van der Waals surface area (Å²) < 4.78 is 0. The molecule has 2 atom stereocenters. The topological polar surface area (TPSA) is 57.7 Å². The molecule has 0 spiro atoms. The van der Waals surface area contributed by atoms with Crippen LogP contribution in [0.2, 0.25) is 15.1 Å². The number of carbonyl (C=O) groups excluding carboxylic acids is 3. The van der Waals surface area contributed by atoms with Gasteiger partial charge in [-0.05, 0) is 61.7 Å². The van der Waals surface area contributed by atoms with E-state index in [9.17, 15) is 14.4 Å². The largest absolute Gasteiger partial charge is 0.273 e. The molecule has 0 N–H and O–H groups in total. The van der Waals surface area contributed by atoms with Gasteiger partial charge in [0, 0.05) is 20.6 Å². The number of imide groups is 1. The summed E-state index contributed by atoms with van der Waals surface area (Å²) >= 11 is 18.3. The lowest BCUT2D eigenvalue weighted by Crippen LogP contribution is -2.49. The molecule has 1 aliphatic carbocycles. The van der Waals surface area contributed by atoms with Gasteiger partial charge in [0.15, 0.2) is 0 Å². The summed E-state index contributed by atoms with van der Waals surface area (Å²) in [6.07, 6.45) is 2.98. The minimum absolute atomic E-state index is 0.0548. The number of nitrogens with zero attached hydrogens (tertiary/aromatic N) is 2. The molecule has 3 amide bonds. The smallest absolute Gasteiger partial charge is 0.272 e. The van der Waals surface area contributed by atoms with Crippen LogP contribution in [0.15, 0.2) is 54.1 Å². The Morgan fingerprint density at radius 1 is 1.00 bits per heavy atom. The van der Waals surface area contributed by atoms with Crippen molar-refractivity contribution in [2.45, 2.75) is 26.3 Å². The maximum atomic E-state index is 13.4. The Bertz CT molecular complexity index is 1100. The van der Waals surface area contributed by atoms with Crippen LogP contribution in [-0.4, -0.2) is 27.7 Å². The van der Waals surface area contributed by atoms with E-state index in [0.717, 1.165) is 10.6 Å². The van der Waals surface area contributed by atoms with E-state index in [1.54, 1.807) is 42.5 Å². The summed E-state index contributed by atoms with van der Waals surface area (Å²) in [4.78, 5) is 39.9. The molecule has 4 rings (SSSR count). The van der Waals surface area contributed by atoms with E-state index >= 15 is 0 Å². The fourth-order valence-corrected chi connectivity index (χ4v) is 4.64. The number of carbonyl (C=O) groups is 3. The lowest BCUT2D eigenvalue weighted by atomic mass is 9.82. The Hall–Kier alpha value is -2.34. The summed E-state index contributed by atoms with van der Waals surface area (Å²) in [6, 6.07) is 11.2. The first kappa shape index (κ1) is 21.9. The monoisotopic (exact) mass is 476 g/mol. The van der Waals surface area contributed by atoms with E-state index in [1.807, 2.05) is 13.0 Å². The summed E-state index contributed by atoms with van der Waals surface area (Å²) in [6.45, 7) is 1.89. The Balaban J connectivity index is 1.73. The van der Waals surface area contributed by atoms with Gasteiger partial charge in [0.1, 0.15) is 0 Å². The summed E-state index contributed by atoms with van der Waals surface area (Å²) in [7, 11) is 0. The van der Waals surface area contributed by atoms with Crippen LogP contribution in [0.5, 0.6) is 0 Å². The second-order valence-corrected chi connectivity index (χ2v) is 9.08. The number of halogens is 3. The molecule has 1 aliphatic heterocycles. The fourth-order valence-electron chi connectivity index (χ4n) is 4.04. The predicted molar refractivity (Wildman–Crippen MR) is 120 cm³/mol. The van der Waals surface area contributed by atoms with Gasteiger partial charge >= 0.3 is 0 Å². The molecule has 160 valence electrons. The van der Waals surface area contributed by atoms with E-state index in [4.69, 9.17) is 34.8 Å². The standard InChI is InChI=1S/C23H19Cl3N2O3/c1-13-2-9-18-19(10-13)23(31)28(22(18)30)27(12-15-5-8-17(25)11-20(15)26)21(29)14-3-6-16(24)7-4-14/h2-8,11,18-19H,9-10,12H2,1H3/t18-,19+/m1/s1. The van der Waals surface area contributed by atoms with Gasteiger partial charge in [-0.2, -0.15) is 5.01 Å². The Labute approximate surface area is 195 Å². The van der Waals surface area contributed by atoms with Gasteiger partial charge in [-0.1, -0.05) is 52.5 Å². The fraction of sp³-hybridized carbons (Fsp3) is 0.261. The average Bonchev–Trinajstić information content (AvgIpc) is 2.97. The molecule has 0 aromatic heterocycles. The van der Waals surface area contributed by atoms with Crippen molar-refractivity contribution in [2.24, 2.45) is 11.8 Å². The van der Waals surface area contributed by atoms with Crippen molar-refractivity contribution in [3.63, 3.8) is 0 Å². The first-order chi connectivity index (χ1) is 14.8. The molecule has 1 saturated heterocycles. The summed E-state index contributed by atoms with van der Waals surface area (Å²) in [5, 5.41) is 3.45. The molecule has 8 heteroatoms. The van der Waals surface area contributed by atoms with Crippen molar-refractivity contribution in [1.82, 2.24) is 10.0 Å². The van der Waals surface area contributed by atoms with Gasteiger partial charge in [-0.15, -0.1) is 0 Å². The van der Waals surface area contributed by atoms with Crippen LogP contribution in [0.4, 0.5) is 0 Å². The van der Waals surface area contributed by atoms with Crippen LogP contribution in [-0.2, 0) is 16.1 Å². The molecule has 5 nitrogen and oxygen atoms in total. The van der Waals surface area contributed by atoms with Crippen molar-refractivity contribution in [1.29, 1.82) is 0 Å². The third kappa shape index (κ3) is 4.22. The maximum Gasteiger partial charge on any atom is 0.273 e. The molecule has 31 heavy (non-hydrogen) atoms. The highest BCUT2D eigenvalue weighted by Gasteiger charge is 2.51. The second kappa shape index (κ2) is 8.65. The lowest BCUT2D eigenvalue weighted by Gasteiger charge is -2.31. The number of rotatable bonds is 4. The predicted octanol–water partition coefficient (Wildman–Crippen LogP) is 5.55. The molecule has 2 aliphatic rings. The molecule has 2 aromatic rings. The zero-order chi connectivity index (χ0) is 22.3. The molecule has 1 heterocycles. The minimum Gasteiger partial charge on any atom is -0.272 e. The zero-order valence-electron chi connectivity index (χ0n) is 16.6. The van der Waals surface area contributed by atoms with Gasteiger partial charge in [-0.25, -0.2) is 5.01 Å². The summed E-state index contributed by atoms with van der Waals surface area (Å²) in [5.74, 6) is -2.15. The van der Waals surface area contributed by atoms with Gasteiger partial charge in [0.2, 0.25) is 0 Å². The normalized spacial score (nSPS) is 20.5. The first-order valence-corrected chi connectivity index (χ1v) is 10.9. The Morgan fingerprint density at radius 2 is 1.65 bits per heavy atom. The van der Waals surface area contributed by atoms with Gasteiger partial charge in [0.25, 0.3) is 17.7 Å². The Morgan fingerprint density at radius 3 is 2.32 bits per heavy atom. The third-order valence-electron chi connectivity index (χ3n) is 5.70. The van der Waals surface area contributed by atoms with Gasteiger partial charge < -0.3 is 0 Å². The van der Waals surface area contributed by atoms with Crippen LogP contribution in [0.25, 0.3) is 0 Å². The second-order valence-electron chi connectivity index (χ2n) is 7.80. The lowest BCUT2D eigenvalue weighted by molar-refractivity contribution is -0.155. The third-order valence-corrected chi connectivity index (χ3v) is 6.54. The number of hydrogen-bond acceptors (Lipinski definition) is 3. The molecular weight excluding hydrogens is 459 g/mol. The quantitative estimate of drug-likeness (QED) is 0.429. The molecule has 0 unspecified atom stereocenters. The highest BCUT2D eigenvalue weighted by atomic mass is 35.5. The van der Waals surface area contributed by atoms with E-state index in [-0.39, 0.29) is 18.4 Å². The zero-order valence-corrected chi connectivity index (χ0v) is 18.9. The molecule has 0 radical (unpaired) electrons. The van der Waals surface area contributed by atoms with Crippen LogP contribution in [0.1, 0.15) is 35.7 Å². The highest BCUT2D eigenvalue weighted by Crippen LogP contribution is 2.39. The van der Waals surface area contributed by atoms with Crippen molar-refractivity contribution in [3.8, 4) is 0 Å². The first-order valence-electron chi connectivity index (χ1n) is 9.81. The molecule has 1 fully saturated rings. The molecule has 2 aromatic carbocycles. The van der Waals surface area contributed by atoms with E-state index < -0.39 is 17.7 Å². The molecular formula is C23H19Cl3N2O3. The molecule has 0 saturated carbocycles. The maximum absolute atomic E-state index is 13.4. The Kier molecular flexibility index (Phi) is 6.11. The number of fused-ring (bicyclic) bond motifs is 1. The van der Waals surface area contributed by atoms with Crippen LogP contribution < -0.4 is 0 Å². The van der Waals surface area contributed by atoms with Gasteiger partial charge in [-0.3, -0.25) is 14.4 Å². The van der Waals surface area contributed by atoms with Crippen molar-refractivity contribution in [3.05, 3.63) is 80.3 Å². The average molecular weight is 478 g/mol. The van der Waals surface area contributed by atoms with E-state index in [2.05, 4.69) is 0 Å². The number of allylic oxidation sites excluding steroid dienone is 2.